The molecule has 4 atom stereocenters. The number of carbonyl (C=O) groups is 1. The first kappa shape index (κ1) is 14.9. The molecular formula is C12H19ClN2O3. The Balaban J connectivity index is 2.62. The van der Waals surface area contributed by atoms with Gasteiger partial charge in [-0.15, -0.1) is 0 Å². The average Bonchev–Trinajstić information content (AvgIpc) is 2.27. The SMILES string of the molecule is CC(N)C(=O)OC(C)C(C)C1NC=C(Cl)C=C1O. The molecule has 0 aliphatic carbocycles. The molecule has 0 aromatic rings. The molecule has 0 aromatic carbocycles. The van der Waals surface area contributed by atoms with E-state index >= 15 is 0 Å². The van der Waals surface area contributed by atoms with Crippen LogP contribution in [0.25, 0.3) is 0 Å². The molecule has 0 saturated carbocycles. The number of carbonyl (C=O) groups excluding carboxylic acids is 1. The van der Waals surface area contributed by atoms with E-state index < -0.39 is 12.0 Å². The van der Waals surface area contributed by atoms with Crippen LogP contribution in [0.1, 0.15) is 20.8 Å². The highest BCUT2D eigenvalue weighted by molar-refractivity contribution is 6.31. The van der Waals surface area contributed by atoms with Gasteiger partial charge in [-0.25, -0.2) is 0 Å². The van der Waals surface area contributed by atoms with Crippen LogP contribution in [0.3, 0.4) is 0 Å². The number of halogens is 1. The van der Waals surface area contributed by atoms with Gasteiger partial charge in [0.1, 0.15) is 17.9 Å². The van der Waals surface area contributed by atoms with Crippen molar-refractivity contribution in [1.82, 2.24) is 5.32 Å². The van der Waals surface area contributed by atoms with E-state index in [4.69, 9.17) is 22.1 Å². The lowest BCUT2D eigenvalue weighted by atomic mass is 9.93. The summed E-state index contributed by atoms with van der Waals surface area (Å²) in [6.07, 6.45) is 2.70. The minimum Gasteiger partial charge on any atom is -0.510 e. The third-order valence-corrected chi connectivity index (χ3v) is 3.16. The van der Waals surface area contributed by atoms with E-state index in [1.165, 1.54) is 6.08 Å². The van der Waals surface area contributed by atoms with Gasteiger partial charge in [-0.05, 0) is 19.9 Å². The van der Waals surface area contributed by atoms with E-state index in [1.54, 1.807) is 20.0 Å². The van der Waals surface area contributed by atoms with E-state index in [0.717, 1.165) is 0 Å². The molecule has 4 unspecified atom stereocenters. The van der Waals surface area contributed by atoms with Crippen LogP contribution < -0.4 is 11.1 Å². The Morgan fingerprint density at radius 2 is 2.17 bits per heavy atom. The van der Waals surface area contributed by atoms with Crippen LogP contribution in [-0.4, -0.2) is 29.3 Å². The Bertz CT molecular complexity index is 380. The lowest BCUT2D eigenvalue weighted by Crippen LogP contribution is -2.43. The highest BCUT2D eigenvalue weighted by atomic mass is 35.5. The first-order chi connectivity index (χ1) is 8.32. The van der Waals surface area contributed by atoms with Crippen LogP contribution in [0.4, 0.5) is 0 Å². The molecule has 0 spiro atoms. The maximum atomic E-state index is 11.4. The number of ether oxygens (including phenoxy) is 1. The number of esters is 1. The number of nitrogens with two attached hydrogens (primary N) is 1. The van der Waals surface area contributed by atoms with Gasteiger partial charge in [0.2, 0.25) is 0 Å². The highest BCUT2D eigenvalue weighted by Gasteiger charge is 2.29. The summed E-state index contributed by atoms with van der Waals surface area (Å²) >= 11 is 5.75. The summed E-state index contributed by atoms with van der Waals surface area (Å²) < 4.78 is 5.21. The molecule has 5 nitrogen and oxygen atoms in total. The second-order valence-electron chi connectivity index (χ2n) is 4.53. The van der Waals surface area contributed by atoms with Crippen molar-refractivity contribution in [2.75, 3.05) is 0 Å². The average molecular weight is 275 g/mol. The van der Waals surface area contributed by atoms with E-state index in [2.05, 4.69) is 5.32 Å². The molecule has 1 aliphatic heterocycles. The van der Waals surface area contributed by atoms with Crippen molar-refractivity contribution in [2.45, 2.75) is 39.0 Å². The molecule has 18 heavy (non-hydrogen) atoms. The second-order valence-corrected chi connectivity index (χ2v) is 4.97. The summed E-state index contributed by atoms with van der Waals surface area (Å²) in [5.41, 5.74) is 5.43. The normalized spacial score (nSPS) is 24.2. The van der Waals surface area contributed by atoms with Crippen LogP contribution >= 0.6 is 11.6 Å². The summed E-state index contributed by atoms with van der Waals surface area (Å²) in [7, 11) is 0. The molecule has 0 bridgehead atoms. The van der Waals surface area contributed by atoms with Crippen molar-refractivity contribution in [2.24, 2.45) is 11.7 Å². The summed E-state index contributed by atoms with van der Waals surface area (Å²) in [4.78, 5) is 11.4. The Morgan fingerprint density at radius 3 is 2.67 bits per heavy atom. The zero-order valence-corrected chi connectivity index (χ0v) is 11.4. The molecule has 0 fully saturated rings. The number of aliphatic hydroxyl groups is 1. The molecule has 0 amide bonds. The number of hydrogen-bond acceptors (Lipinski definition) is 5. The van der Waals surface area contributed by atoms with Gasteiger partial charge >= 0.3 is 5.97 Å². The molecule has 0 aromatic heterocycles. The zero-order chi connectivity index (χ0) is 13.9. The lowest BCUT2D eigenvalue weighted by Gasteiger charge is -2.30. The highest BCUT2D eigenvalue weighted by Crippen LogP contribution is 2.22. The summed E-state index contributed by atoms with van der Waals surface area (Å²) in [6, 6.07) is -0.985. The number of nitrogens with one attached hydrogen (secondary N) is 1. The predicted molar refractivity (Wildman–Crippen MR) is 69.9 cm³/mol. The fraction of sp³-hybridized carbons (Fsp3) is 0.583. The molecule has 1 aliphatic rings. The number of aliphatic hydroxyl groups excluding tert-OH is 1. The van der Waals surface area contributed by atoms with Crippen molar-refractivity contribution >= 4 is 17.6 Å². The second kappa shape index (κ2) is 6.11. The maximum absolute atomic E-state index is 11.4. The van der Waals surface area contributed by atoms with Gasteiger partial charge in [-0.1, -0.05) is 18.5 Å². The molecule has 4 N–H and O–H groups in total. The van der Waals surface area contributed by atoms with E-state index in [9.17, 15) is 9.90 Å². The Morgan fingerprint density at radius 1 is 1.56 bits per heavy atom. The van der Waals surface area contributed by atoms with Crippen molar-refractivity contribution < 1.29 is 14.6 Å². The summed E-state index contributed by atoms with van der Waals surface area (Å²) in [5, 5.41) is 13.2. The molecule has 0 saturated heterocycles. The van der Waals surface area contributed by atoms with Crippen LogP contribution in [0.2, 0.25) is 0 Å². The topological polar surface area (TPSA) is 84.6 Å². The largest absolute Gasteiger partial charge is 0.510 e. The standard InChI is InChI=1S/C12H19ClN2O3/c1-6(8(3)18-12(17)7(2)14)11-10(16)4-9(13)5-15-11/h4-8,11,15-16H,14H2,1-3H3. The predicted octanol–water partition coefficient (Wildman–Crippen LogP) is 1.40. The monoisotopic (exact) mass is 274 g/mol. The van der Waals surface area contributed by atoms with E-state index in [1.807, 2.05) is 6.92 Å². The smallest absolute Gasteiger partial charge is 0.322 e. The van der Waals surface area contributed by atoms with Crippen LogP contribution in [0, 0.1) is 5.92 Å². The molecule has 6 heteroatoms. The minimum absolute atomic E-state index is 0.120. The number of rotatable bonds is 4. The molecular weight excluding hydrogens is 256 g/mol. The lowest BCUT2D eigenvalue weighted by molar-refractivity contribution is -0.152. The van der Waals surface area contributed by atoms with Crippen molar-refractivity contribution in [1.29, 1.82) is 0 Å². The fourth-order valence-corrected chi connectivity index (χ4v) is 1.79. The van der Waals surface area contributed by atoms with Gasteiger partial charge in [0, 0.05) is 12.1 Å². The van der Waals surface area contributed by atoms with Gasteiger partial charge in [-0.2, -0.15) is 0 Å². The first-order valence-corrected chi connectivity index (χ1v) is 6.19. The van der Waals surface area contributed by atoms with Gasteiger partial charge in [0.05, 0.1) is 11.1 Å². The summed E-state index contributed by atoms with van der Waals surface area (Å²) in [6.45, 7) is 5.20. The van der Waals surface area contributed by atoms with Crippen molar-refractivity contribution in [3.63, 3.8) is 0 Å². The van der Waals surface area contributed by atoms with Crippen LogP contribution in [-0.2, 0) is 9.53 Å². The number of hydrogen-bond donors (Lipinski definition) is 3. The Labute approximate surface area is 112 Å². The van der Waals surface area contributed by atoms with Gasteiger partial charge in [-0.3, -0.25) is 4.79 Å². The number of dihydropyridines is 1. The van der Waals surface area contributed by atoms with Crippen LogP contribution in [0.5, 0.6) is 0 Å². The fourth-order valence-electron chi connectivity index (χ4n) is 1.62. The number of allylic oxidation sites excluding steroid dienone is 2. The Kier molecular flexibility index (Phi) is 5.04. The van der Waals surface area contributed by atoms with Gasteiger partial charge in [0.15, 0.2) is 0 Å². The zero-order valence-electron chi connectivity index (χ0n) is 10.7. The van der Waals surface area contributed by atoms with Crippen molar-refractivity contribution in [3.8, 4) is 0 Å². The summed E-state index contributed by atoms with van der Waals surface area (Å²) in [5.74, 6) is -0.453. The van der Waals surface area contributed by atoms with Crippen LogP contribution in [0.15, 0.2) is 23.1 Å². The quantitative estimate of drug-likeness (QED) is 0.675. The molecule has 102 valence electrons. The maximum Gasteiger partial charge on any atom is 0.322 e. The minimum atomic E-state index is -0.655. The molecule has 1 heterocycles. The molecule has 0 radical (unpaired) electrons. The van der Waals surface area contributed by atoms with E-state index in [-0.39, 0.29) is 23.8 Å². The van der Waals surface area contributed by atoms with Gasteiger partial charge < -0.3 is 20.9 Å². The Hall–Kier alpha value is -1.20. The van der Waals surface area contributed by atoms with Crippen molar-refractivity contribution in [3.05, 3.63) is 23.1 Å². The third kappa shape index (κ3) is 3.65. The third-order valence-electron chi connectivity index (χ3n) is 2.95. The first-order valence-electron chi connectivity index (χ1n) is 5.81. The molecule has 1 rings (SSSR count). The van der Waals surface area contributed by atoms with E-state index in [0.29, 0.717) is 5.03 Å². The van der Waals surface area contributed by atoms with Gasteiger partial charge in [0.25, 0.3) is 0 Å².